The van der Waals surface area contributed by atoms with E-state index >= 15 is 0 Å². The highest BCUT2D eigenvalue weighted by molar-refractivity contribution is 7.17. The fraction of sp³-hybridized carbons (Fsp3) is 0.400. The number of esters is 1. The van der Waals surface area contributed by atoms with Crippen molar-refractivity contribution in [3.8, 4) is 0 Å². The van der Waals surface area contributed by atoms with Crippen molar-refractivity contribution in [2.75, 3.05) is 11.9 Å². The van der Waals surface area contributed by atoms with Gasteiger partial charge in [0.15, 0.2) is 12.4 Å². The number of fused-ring (bicyclic) bond motifs is 1. The van der Waals surface area contributed by atoms with Gasteiger partial charge in [-0.05, 0) is 57.6 Å². The van der Waals surface area contributed by atoms with Crippen molar-refractivity contribution in [3.63, 3.8) is 0 Å². The number of nitrogens with one attached hydrogen (secondary N) is 2. The van der Waals surface area contributed by atoms with Gasteiger partial charge in [-0.1, -0.05) is 0 Å². The monoisotopic (exact) mass is 417 g/mol. The number of carbonyl (C=O) groups excluding carboxylic acids is 4. The lowest BCUT2D eigenvalue weighted by atomic mass is 9.95. The summed E-state index contributed by atoms with van der Waals surface area (Å²) in [7, 11) is 0. The minimum Gasteiger partial charge on any atom is -0.451 e. The van der Waals surface area contributed by atoms with E-state index < -0.39 is 24.4 Å². The number of ketones is 1. The first kappa shape index (κ1) is 20.8. The molecule has 29 heavy (non-hydrogen) atoms. The predicted molar refractivity (Wildman–Crippen MR) is 109 cm³/mol. The molecule has 0 fully saturated rings. The van der Waals surface area contributed by atoms with E-state index in [0.717, 1.165) is 36.1 Å². The van der Waals surface area contributed by atoms with Crippen LogP contribution in [0.3, 0.4) is 0 Å². The molecule has 4 N–H and O–H groups in total. The Bertz CT molecular complexity index is 1020. The molecular formula is C20H23N3O5S. The lowest BCUT2D eigenvalue weighted by Crippen LogP contribution is -2.23. The summed E-state index contributed by atoms with van der Waals surface area (Å²) in [6, 6.07) is 0. The molecule has 0 bridgehead atoms. The topological polar surface area (TPSA) is 131 Å². The van der Waals surface area contributed by atoms with E-state index in [9.17, 15) is 19.2 Å². The average Bonchev–Trinajstić information content (AvgIpc) is 3.16. The molecule has 0 aromatic carbocycles. The van der Waals surface area contributed by atoms with Crippen molar-refractivity contribution in [1.82, 2.24) is 4.98 Å². The van der Waals surface area contributed by atoms with E-state index in [2.05, 4.69) is 10.3 Å². The van der Waals surface area contributed by atoms with Crippen molar-refractivity contribution in [2.45, 2.75) is 46.5 Å². The van der Waals surface area contributed by atoms with Crippen LogP contribution in [-0.2, 0) is 22.4 Å². The van der Waals surface area contributed by atoms with Crippen molar-refractivity contribution >= 4 is 39.9 Å². The first-order valence-corrected chi connectivity index (χ1v) is 10.1. The van der Waals surface area contributed by atoms with Gasteiger partial charge in [-0.15, -0.1) is 11.3 Å². The van der Waals surface area contributed by atoms with Crippen molar-refractivity contribution in [2.24, 2.45) is 5.73 Å². The van der Waals surface area contributed by atoms with Crippen LogP contribution in [0.2, 0.25) is 0 Å². The predicted octanol–water partition coefficient (Wildman–Crippen LogP) is 2.67. The second-order valence-electron chi connectivity index (χ2n) is 7.08. The number of hydrogen-bond acceptors (Lipinski definition) is 6. The summed E-state index contributed by atoms with van der Waals surface area (Å²) in [5.74, 6) is -2.03. The molecule has 0 saturated carbocycles. The molecule has 1 aliphatic carbocycles. The van der Waals surface area contributed by atoms with E-state index in [1.165, 1.54) is 18.3 Å². The zero-order valence-corrected chi connectivity index (χ0v) is 17.4. The molecule has 0 aliphatic heterocycles. The third-order valence-corrected chi connectivity index (χ3v) is 6.21. The quantitative estimate of drug-likeness (QED) is 0.491. The number of thiophene rings is 1. The molecule has 8 nitrogen and oxygen atoms in total. The average molecular weight is 417 g/mol. The summed E-state index contributed by atoms with van der Waals surface area (Å²) in [4.78, 5) is 52.1. The second-order valence-corrected chi connectivity index (χ2v) is 8.19. The molecule has 1 aliphatic rings. The molecule has 2 aromatic heterocycles. The molecule has 9 heteroatoms. The molecule has 0 spiro atoms. The Hall–Kier alpha value is -2.94. The van der Waals surface area contributed by atoms with Crippen LogP contribution in [0.25, 0.3) is 0 Å². The molecule has 154 valence electrons. The first-order valence-electron chi connectivity index (χ1n) is 9.32. The summed E-state index contributed by atoms with van der Waals surface area (Å²) in [5, 5.41) is 3.04. The SMILES string of the molecule is CC(=O)c1c(C)[nH]c(C(=O)OCC(=O)Nc2sc3c(c2C(N)=O)CCCC3)c1C. The van der Waals surface area contributed by atoms with Crippen molar-refractivity contribution < 1.29 is 23.9 Å². The van der Waals surface area contributed by atoms with E-state index in [1.54, 1.807) is 13.8 Å². The minimum atomic E-state index is -0.728. The Morgan fingerprint density at radius 3 is 2.45 bits per heavy atom. The molecular weight excluding hydrogens is 394 g/mol. The smallest absolute Gasteiger partial charge is 0.355 e. The Labute approximate surface area is 171 Å². The Kier molecular flexibility index (Phi) is 5.88. The van der Waals surface area contributed by atoms with E-state index in [1.807, 2.05) is 0 Å². The highest BCUT2D eigenvalue weighted by Gasteiger charge is 2.26. The normalized spacial score (nSPS) is 12.9. The highest BCUT2D eigenvalue weighted by atomic mass is 32.1. The number of aryl methyl sites for hydroxylation is 2. The standard InChI is InChI=1S/C20H23N3O5S/c1-9-15(11(3)24)10(2)22-17(9)20(27)28-8-14(25)23-19-16(18(21)26)12-6-4-5-7-13(12)29-19/h22H,4-8H2,1-3H3,(H2,21,26)(H,23,25). The number of carbonyl (C=O) groups is 4. The van der Waals surface area contributed by atoms with Crippen LogP contribution < -0.4 is 11.1 Å². The number of amides is 2. The number of primary amides is 1. The van der Waals surface area contributed by atoms with Gasteiger partial charge < -0.3 is 20.8 Å². The van der Waals surface area contributed by atoms with Gasteiger partial charge in [-0.2, -0.15) is 0 Å². The van der Waals surface area contributed by atoms with Gasteiger partial charge in [-0.3, -0.25) is 14.4 Å². The number of hydrogen-bond donors (Lipinski definition) is 3. The van der Waals surface area contributed by atoms with E-state index in [4.69, 9.17) is 10.5 Å². The fourth-order valence-electron chi connectivity index (χ4n) is 3.76. The number of H-pyrrole nitrogens is 1. The van der Waals surface area contributed by atoms with Crippen molar-refractivity contribution in [1.29, 1.82) is 0 Å². The van der Waals surface area contributed by atoms with Crippen LogP contribution in [0.1, 0.15) is 72.7 Å². The lowest BCUT2D eigenvalue weighted by molar-refractivity contribution is -0.119. The Morgan fingerprint density at radius 2 is 1.83 bits per heavy atom. The van der Waals surface area contributed by atoms with Gasteiger partial charge in [0.25, 0.3) is 11.8 Å². The van der Waals surface area contributed by atoms with Gasteiger partial charge in [0, 0.05) is 16.1 Å². The fourth-order valence-corrected chi connectivity index (χ4v) is 5.07. The molecule has 0 unspecified atom stereocenters. The van der Waals surface area contributed by atoms with Crippen LogP contribution in [0.15, 0.2) is 0 Å². The number of aromatic nitrogens is 1. The van der Waals surface area contributed by atoms with Gasteiger partial charge in [-0.25, -0.2) is 4.79 Å². The summed E-state index contributed by atoms with van der Waals surface area (Å²) >= 11 is 1.34. The second kappa shape index (κ2) is 8.20. The highest BCUT2D eigenvalue weighted by Crippen LogP contribution is 2.37. The van der Waals surface area contributed by atoms with Crippen LogP contribution in [0.5, 0.6) is 0 Å². The molecule has 0 saturated heterocycles. The third-order valence-electron chi connectivity index (χ3n) is 5.00. The third kappa shape index (κ3) is 4.09. The first-order chi connectivity index (χ1) is 13.7. The van der Waals surface area contributed by atoms with Crippen LogP contribution in [0, 0.1) is 13.8 Å². The summed E-state index contributed by atoms with van der Waals surface area (Å²) < 4.78 is 5.09. The zero-order valence-electron chi connectivity index (χ0n) is 16.6. The molecule has 0 radical (unpaired) electrons. The number of ether oxygens (including phenoxy) is 1. The summed E-state index contributed by atoms with van der Waals surface area (Å²) in [6.45, 7) is 4.23. The maximum Gasteiger partial charge on any atom is 0.355 e. The van der Waals surface area contributed by atoms with Gasteiger partial charge >= 0.3 is 5.97 Å². The lowest BCUT2D eigenvalue weighted by Gasteiger charge is -2.11. The van der Waals surface area contributed by atoms with Crippen molar-refractivity contribution in [3.05, 3.63) is 38.5 Å². The summed E-state index contributed by atoms with van der Waals surface area (Å²) in [5.41, 5.74) is 8.42. The van der Waals surface area contributed by atoms with Crippen LogP contribution in [-0.4, -0.2) is 35.2 Å². The van der Waals surface area contributed by atoms with Gasteiger partial charge in [0.05, 0.1) is 5.56 Å². The number of Topliss-reactive ketones (excluding diaryl/α,β-unsaturated/α-hetero) is 1. The number of rotatable bonds is 6. The molecule has 0 atom stereocenters. The van der Waals surface area contributed by atoms with E-state index in [0.29, 0.717) is 27.4 Å². The number of anilines is 1. The summed E-state index contributed by atoms with van der Waals surface area (Å²) in [6.07, 6.45) is 3.63. The maximum atomic E-state index is 12.3. The Morgan fingerprint density at radius 1 is 1.14 bits per heavy atom. The maximum absolute atomic E-state index is 12.3. The molecule has 2 aromatic rings. The Balaban J connectivity index is 1.69. The van der Waals surface area contributed by atoms with Gasteiger partial charge in [0.1, 0.15) is 10.7 Å². The van der Waals surface area contributed by atoms with Gasteiger partial charge in [0.2, 0.25) is 0 Å². The van der Waals surface area contributed by atoms with E-state index in [-0.39, 0.29) is 11.5 Å². The van der Waals surface area contributed by atoms with Crippen LogP contribution in [0.4, 0.5) is 5.00 Å². The number of nitrogens with two attached hydrogens (primary N) is 1. The minimum absolute atomic E-state index is 0.143. The number of aromatic amines is 1. The molecule has 2 heterocycles. The zero-order chi connectivity index (χ0) is 21.3. The van der Waals surface area contributed by atoms with Crippen LogP contribution >= 0.6 is 11.3 Å². The molecule has 3 rings (SSSR count). The largest absolute Gasteiger partial charge is 0.451 e. The molecule has 2 amide bonds.